The molecule has 3 heteroatoms. The summed E-state index contributed by atoms with van der Waals surface area (Å²) in [5.41, 5.74) is 3.77. The van der Waals surface area contributed by atoms with E-state index in [0.717, 1.165) is 24.2 Å². The summed E-state index contributed by atoms with van der Waals surface area (Å²) in [5, 5.41) is 0.575. The van der Waals surface area contributed by atoms with E-state index in [0.29, 0.717) is 10.6 Å². The zero-order valence-corrected chi connectivity index (χ0v) is 11.8. The minimum Gasteiger partial charge on any atom is -0.341 e. The van der Waals surface area contributed by atoms with Crippen LogP contribution in [0.4, 0.5) is 11.4 Å². The minimum atomic E-state index is 0.575. The third-order valence-corrected chi connectivity index (χ3v) is 3.30. The van der Waals surface area contributed by atoms with Crippen LogP contribution in [-0.4, -0.2) is 12.8 Å². The number of hydrogen-bond acceptors (Lipinski definition) is 2. The molecule has 0 aliphatic rings. The Morgan fingerprint density at radius 3 is 2.42 bits per heavy atom. The van der Waals surface area contributed by atoms with Crippen molar-refractivity contribution < 1.29 is 4.79 Å². The first-order chi connectivity index (χ1) is 9.15. The second kappa shape index (κ2) is 5.89. The van der Waals surface area contributed by atoms with Crippen LogP contribution < -0.4 is 4.90 Å². The lowest BCUT2D eigenvalue weighted by Crippen LogP contribution is -2.17. The Morgan fingerprint density at radius 2 is 1.84 bits per heavy atom. The molecule has 2 rings (SSSR count). The van der Waals surface area contributed by atoms with Crippen LogP contribution in [0.15, 0.2) is 42.5 Å². The minimum absolute atomic E-state index is 0.575. The normalized spacial score (nSPS) is 10.3. The lowest BCUT2D eigenvalue weighted by atomic mass is 10.1. The van der Waals surface area contributed by atoms with E-state index in [1.807, 2.05) is 6.07 Å². The third-order valence-electron chi connectivity index (χ3n) is 3.07. The first kappa shape index (κ1) is 13.6. The van der Waals surface area contributed by atoms with Crippen molar-refractivity contribution in [2.24, 2.45) is 0 Å². The van der Waals surface area contributed by atoms with Crippen LogP contribution in [-0.2, 0) is 0 Å². The first-order valence-corrected chi connectivity index (χ1v) is 6.62. The van der Waals surface area contributed by atoms with E-state index in [1.165, 1.54) is 5.56 Å². The van der Waals surface area contributed by atoms with E-state index in [-0.39, 0.29) is 0 Å². The van der Waals surface area contributed by atoms with Gasteiger partial charge in [0.25, 0.3) is 0 Å². The quantitative estimate of drug-likeness (QED) is 0.758. The highest BCUT2D eigenvalue weighted by molar-refractivity contribution is 6.31. The smallest absolute Gasteiger partial charge is 0.152 e. The van der Waals surface area contributed by atoms with Crippen LogP contribution in [0.25, 0.3) is 0 Å². The van der Waals surface area contributed by atoms with Gasteiger partial charge in [-0.05, 0) is 44.2 Å². The van der Waals surface area contributed by atoms with Crippen LogP contribution >= 0.6 is 11.6 Å². The lowest BCUT2D eigenvalue weighted by molar-refractivity contribution is 0.112. The van der Waals surface area contributed by atoms with Gasteiger partial charge in [-0.1, -0.05) is 29.3 Å². The van der Waals surface area contributed by atoms with Gasteiger partial charge in [-0.15, -0.1) is 0 Å². The summed E-state index contributed by atoms with van der Waals surface area (Å²) < 4.78 is 0. The highest BCUT2D eigenvalue weighted by atomic mass is 35.5. The van der Waals surface area contributed by atoms with Gasteiger partial charge < -0.3 is 4.90 Å². The van der Waals surface area contributed by atoms with Gasteiger partial charge in [0.1, 0.15) is 0 Å². The Hall–Kier alpha value is -1.80. The van der Waals surface area contributed by atoms with Gasteiger partial charge >= 0.3 is 0 Å². The Kier molecular flexibility index (Phi) is 4.23. The van der Waals surface area contributed by atoms with E-state index in [1.54, 1.807) is 12.1 Å². The average molecular weight is 274 g/mol. The summed E-state index contributed by atoms with van der Waals surface area (Å²) in [6.07, 6.45) is 0.845. The monoisotopic (exact) mass is 273 g/mol. The number of halogens is 1. The maximum Gasteiger partial charge on any atom is 0.152 e. The summed E-state index contributed by atoms with van der Waals surface area (Å²) in [5.74, 6) is 0. The first-order valence-electron chi connectivity index (χ1n) is 6.24. The molecule has 0 radical (unpaired) electrons. The summed E-state index contributed by atoms with van der Waals surface area (Å²) in [7, 11) is 0. The second-order valence-corrected chi connectivity index (χ2v) is 4.84. The van der Waals surface area contributed by atoms with E-state index in [4.69, 9.17) is 11.6 Å². The van der Waals surface area contributed by atoms with Crippen LogP contribution in [0, 0.1) is 6.92 Å². The molecule has 0 saturated carbocycles. The van der Waals surface area contributed by atoms with Gasteiger partial charge in [0.2, 0.25) is 0 Å². The number of anilines is 2. The summed E-state index contributed by atoms with van der Waals surface area (Å²) in [4.78, 5) is 13.3. The molecule has 0 aromatic heterocycles. The molecule has 2 aromatic rings. The molecule has 0 amide bonds. The van der Waals surface area contributed by atoms with E-state index >= 15 is 0 Å². The van der Waals surface area contributed by atoms with E-state index < -0.39 is 0 Å². The summed E-state index contributed by atoms with van der Waals surface area (Å²) in [6.45, 7) is 4.90. The molecule has 2 aromatic carbocycles. The number of rotatable bonds is 4. The molecule has 0 aliphatic heterocycles. The van der Waals surface area contributed by atoms with Crippen LogP contribution in [0.5, 0.6) is 0 Å². The molecule has 0 N–H and O–H groups in total. The van der Waals surface area contributed by atoms with Crippen LogP contribution in [0.2, 0.25) is 5.02 Å². The van der Waals surface area contributed by atoms with Gasteiger partial charge in [-0.2, -0.15) is 0 Å². The lowest BCUT2D eigenvalue weighted by Gasteiger charge is -2.25. The van der Waals surface area contributed by atoms with Crippen molar-refractivity contribution in [2.45, 2.75) is 13.8 Å². The molecule has 2 nitrogen and oxygen atoms in total. The maximum absolute atomic E-state index is 11.2. The number of nitrogens with zero attached hydrogens (tertiary/aromatic N) is 1. The zero-order valence-electron chi connectivity index (χ0n) is 11.1. The van der Waals surface area contributed by atoms with Crippen molar-refractivity contribution >= 4 is 29.3 Å². The largest absolute Gasteiger partial charge is 0.341 e. The van der Waals surface area contributed by atoms with Crippen molar-refractivity contribution in [1.29, 1.82) is 0 Å². The fourth-order valence-corrected chi connectivity index (χ4v) is 2.26. The van der Waals surface area contributed by atoms with Crippen molar-refractivity contribution in [3.05, 3.63) is 58.6 Å². The average Bonchev–Trinajstić information content (AvgIpc) is 2.43. The van der Waals surface area contributed by atoms with E-state index in [2.05, 4.69) is 43.0 Å². The number of aryl methyl sites for hydroxylation is 1. The molecule has 0 heterocycles. The van der Waals surface area contributed by atoms with Crippen LogP contribution in [0.1, 0.15) is 22.8 Å². The second-order valence-electron chi connectivity index (χ2n) is 4.40. The van der Waals surface area contributed by atoms with E-state index in [9.17, 15) is 4.79 Å². The van der Waals surface area contributed by atoms with Gasteiger partial charge in [0, 0.05) is 22.8 Å². The number of benzene rings is 2. The standard InChI is InChI=1S/C16H16ClNO/c1-3-18(15-7-4-12(2)5-8-15)16-9-6-14(17)10-13(16)11-19/h4-11H,3H2,1-2H3. The molecule has 98 valence electrons. The Labute approximate surface area is 118 Å². The molecular formula is C16H16ClNO. The topological polar surface area (TPSA) is 20.3 Å². The fraction of sp³-hybridized carbons (Fsp3) is 0.188. The molecule has 0 aliphatic carbocycles. The molecule has 0 atom stereocenters. The molecule has 0 spiro atoms. The Morgan fingerprint density at radius 1 is 1.16 bits per heavy atom. The predicted octanol–water partition coefficient (Wildman–Crippen LogP) is 4.62. The zero-order chi connectivity index (χ0) is 13.8. The van der Waals surface area contributed by atoms with Gasteiger partial charge in [-0.25, -0.2) is 0 Å². The maximum atomic E-state index is 11.2. The summed E-state index contributed by atoms with van der Waals surface area (Å²) in [6, 6.07) is 13.6. The Bertz CT molecular complexity index is 578. The van der Waals surface area contributed by atoms with Gasteiger partial charge in [0.05, 0.1) is 5.69 Å². The molecule has 19 heavy (non-hydrogen) atoms. The van der Waals surface area contributed by atoms with Crippen molar-refractivity contribution in [3.8, 4) is 0 Å². The third kappa shape index (κ3) is 2.96. The molecular weight excluding hydrogens is 258 g/mol. The highest BCUT2D eigenvalue weighted by Gasteiger charge is 2.11. The van der Waals surface area contributed by atoms with Gasteiger partial charge in [-0.3, -0.25) is 4.79 Å². The highest BCUT2D eigenvalue weighted by Crippen LogP contribution is 2.29. The molecule has 0 unspecified atom stereocenters. The SMILES string of the molecule is CCN(c1ccc(C)cc1)c1ccc(Cl)cc1C=O. The van der Waals surface area contributed by atoms with Crippen LogP contribution in [0.3, 0.4) is 0 Å². The van der Waals surface area contributed by atoms with Gasteiger partial charge in [0.15, 0.2) is 6.29 Å². The van der Waals surface area contributed by atoms with Crippen molar-refractivity contribution in [1.82, 2.24) is 0 Å². The predicted molar refractivity (Wildman–Crippen MR) is 80.7 cm³/mol. The Balaban J connectivity index is 2.47. The molecule has 0 saturated heterocycles. The number of carbonyl (C=O) groups excluding carboxylic acids is 1. The summed E-state index contributed by atoms with van der Waals surface area (Å²) >= 11 is 5.93. The number of aldehydes is 1. The molecule has 0 bridgehead atoms. The number of hydrogen-bond donors (Lipinski definition) is 0. The molecule has 0 fully saturated rings. The number of carbonyl (C=O) groups is 1. The fourth-order valence-electron chi connectivity index (χ4n) is 2.08. The van der Waals surface area contributed by atoms with Crippen molar-refractivity contribution in [2.75, 3.05) is 11.4 Å². The van der Waals surface area contributed by atoms with Crippen molar-refractivity contribution in [3.63, 3.8) is 0 Å².